The van der Waals surface area contributed by atoms with E-state index in [4.69, 9.17) is 4.74 Å². The third-order valence-corrected chi connectivity index (χ3v) is 3.27. The predicted molar refractivity (Wildman–Crippen MR) is 67.4 cm³/mol. The van der Waals surface area contributed by atoms with Crippen molar-refractivity contribution < 1.29 is 9.53 Å². The lowest BCUT2D eigenvalue weighted by Crippen LogP contribution is -2.41. The molecular formula is C13H25NO2. The van der Waals surface area contributed by atoms with Crippen molar-refractivity contribution in [2.75, 3.05) is 13.7 Å². The molecule has 0 aromatic carbocycles. The molecule has 0 fully saturated rings. The van der Waals surface area contributed by atoms with E-state index in [9.17, 15) is 4.79 Å². The molecule has 0 bridgehead atoms. The summed E-state index contributed by atoms with van der Waals surface area (Å²) in [6.45, 7) is 9.21. The van der Waals surface area contributed by atoms with E-state index in [-0.39, 0.29) is 11.5 Å². The number of carbonyl (C=O) groups is 1. The zero-order valence-electron chi connectivity index (χ0n) is 11.2. The van der Waals surface area contributed by atoms with Gasteiger partial charge in [0.25, 0.3) is 0 Å². The number of ether oxygens (including phenoxy) is 1. The van der Waals surface area contributed by atoms with Gasteiger partial charge in [-0.3, -0.25) is 0 Å². The van der Waals surface area contributed by atoms with Crippen LogP contribution >= 0.6 is 0 Å². The normalized spacial score (nSPS) is 12.7. The van der Waals surface area contributed by atoms with E-state index in [2.05, 4.69) is 26.1 Å². The molecule has 0 saturated carbocycles. The summed E-state index contributed by atoms with van der Waals surface area (Å²) in [6, 6.07) is 0. The van der Waals surface area contributed by atoms with Gasteiger partial charge in [-0.15, -0.1) is 0 Å². The average molecular weight is 227 g/mol. The SMILES string of the molecule is CCC(=CCNC(C)(CC)CC)C(=O)OC. The van der Waals surface area contributed by atoms with Crippen LogP contribution in [0, 0.1) is 0 Å². The highest BCUT2D eigenvalue weighted by molar-refractivity contribution is 5.88. The fourth-order valence-electron chi connectivity index (χ4n) is 1.42. The quantitative estimate of drug-likeness (QED) is 0.537. The summed E-state index contributed by atoms with van der Waals surface area (Å²) >= 11 is 0. The number of rotatable bonds is 7. The molecule has 0 saturated heterocycles. The van der Waals surface area contributed by atoms with Gasteiger partial charge in [0, 0.05) is 17.7 Å². The molecule has 3 nitrogen and oxygen atoms in total. The molecule has 0 unspecified atom stereocenters. The highest BCUT2D eigenvalue weighted by Gasteiger charge is 2.17. The van der Waals surface area contributed by atoms with Crippen molar-refractivity contribution in [2.24, 2.45) is 0 Å². The Labute approximate surface area is 99.3 Å². The summed E-state index contributed by atoms with van der Waals surface area (Å²) in [4.78, 5) is 11.3. The van der Waals surface area contributed by atoms with E-state index in [0.717, 1.165) is 25.0 Å². The molecule has 0 radical (unpaired) electrons. The van der Waals surface area contributed by atoms with E-state index in [1.807, 2.05) is 13.0 Å². The van der Waals surface area contributed by atoms with E-state index >= 15 is 0 Å². The van der Waals surface area contributed by atoms with Crippen LogP contribution < -0.4 is 5.32 Å². The molecule has 0 aliphatic heterocycles. The van der Waals surface area contributed by atoms with Crippen molar-refractivity contribution in [2.45, 2.75) is 52.5 Å². The lowest BCUT2D eigenvalue weighted by molar-refractivity contribution is -0.136. The van der Waals surface area contributed by atoms with Gasteiger partial charge in [0.1, 0.15) is 0 Å². The highest BCUT2D eigenvalue weighted by atomic mass is 16.5. The van der Waals surface area contributed by atoms with Crippen molar-refractivity contribution in [3.05, 3.63) is 11.6 Å². The van der Waals surface area contributed by atoms with Gasteiger partial charge in [-0.05, 0) is 26.2 Å². The molecule has 16 heavy (non-hydrogen) atoms. The number of hydrogen-bond donors (Lipinski definition) is 1. The number of esters is 1. The second-order valence-electron chi connectivity index (χ2n) is 4.22. The van der Waals surface area contributed by atoms with Crippen molar-refractivity contribution in [1.82, 2.24) is 5.32 Å². The van der Waals surface area contributed by atoms with E-state index in [0.29, 0.717) is 6.42 Å². The summed E-state index contributed by atoms with van der Waals surface area (Å²) in [5, 5.41) is 3.46. The minimum Gasteiger partial charge on any atom is -0.466 e. The monoisotopic (exact) mass is 227 g/mol. The zero-order valence-corrected chi connectivity index (χ0v) is 11.2. The maximum atomic E-state index is 11.3. The zero-order chi connectivity index (χ0) is 12.6. The van der Waals surface area contributed by atoms with Crippen LogP contribution in [0.3, 0.4) is 0 Å². The Morgan fingerprint density at radius 1 is 1.31 bits per heavy atom. The first-order chi connectivity index (χ1) is 7.52. The lowest BCUT2D eigenvalue weighted by atomic mass is 9.95. The predicted octanol–water partition coefficient (Wildman–Crippen LogP) is 2.66. The molecule has 0 aliphatic rings. The van der Waals surface area contributed by atoms with Crippen LogP contribution in [0.5, 0.6) is 0 Å². The maximum Gasteiger partial charge on any atom is 0.333 e. The van der Waals surface area contributed by atoms with Crippen molar-refractivity contribution in [3.63, 3.8) is 0 Å². The number of methoxy groups -OCH3 is 1. The molecule has 94 valence electrons. The molecular weight excluding hydrogens is 202 g/mol. The summed E-state index contributed by atoms with van der Waals surface area (Å²) in [5.41, 5.74) is 0.899. The minimum atomic E-state index is -0.223. The smallest absolute Gasteiger partial charge is 0.333 e. The van der Waals surface area contributed by atoms with Crippen LogP contribution in [0.25, 0.3) is 0 Å². The minimum absolute atomic E-state index is 0.158. The van der Waals surface area contributed by atoms with E-state index in [1.54, 1.807) is 0 Å². The number of carbonyl (C=O) groups excluding carboxylic acids is 1. The molecule has 0 rings (SSSR count). The van der Waals surface area contributed by atoms with Gasteiger partial charge in [0.15, 0.2) is 0 Å². The Bertz CT molecular complexity index is 242. The topological polar surface area (TPSA) is 38.3 Å². The van der Waals surface area contributed by atoms with Crippen LogP contribution in [0.2, 0.25) is 0 Å². The van der Waals surface area contributed by atoms with Crippen LogP contribution in [0.1, 0.15) is 47.0 Å². The van der Waals surface area contributed by atoms with Crippen LogP contribution in [-0.4, -0.2) is 25.2 Å². The van der Waals surface area contributed by atoms with Gasteiger partial charge in [-0.2, -0.15) is 0 Å². The molecule has 0 amide bonds. The van der Waals surface area contributed by atoms with Crippen molar-refractivity contribution >= 4 is 5.97 Å². The second-order valence-corrected chi connectivity index (χ2v) is 4.22. The summed E-state index contributed by atoms with van der Waals surface area (Å²) < 4.78 is 4.70. The first kappa shape index (κ1) is 15.2. The van der Waals surface area contributed by atoms with Crippen LogP contribution in [-0.2, 0) is 9.53 Å². The third kappa shape index (κ3) is 4.79. The summed E-state index contributed by atoms with van der Waals surface area (Å²) in [6.07, 6.45) is 4.80. The van der Waals surface area contributed by atoms with Crippen LogP contribution in [0.4, 0.5) is 0 Å². The molecule has 3 heteroatoms. The lowest BCUT2D eigenvalue weighted by Gasteiger charge is -2.27. The largest absolute Gasteiger partial charge is 0.466 e. The van der Waals surface area contributed by atoms with Gasteiger partial charge in [-0.1, -0.05) is 26.8 Å². The highest BCUT2D eigenvalue weighted by Crippen LogP contribution is 2.13. The van der Waals surface area contributed by atoms with Gasteiger partial charge < -0.3 is 10.1 Å². The molecule has 0 aliphatic carbocycles. The van der Waals surface area contributed by atoms with E-state index in [1.165, 1.54) is 7.11 Å². The molecule has 0 heterocycles. The fourth-order valence-corrected chi connectivity index (χ4v) is 1.42. The standard InChI is InChI=1S/C13H25NO2/c1-6-11(12(15)16-5)9-10-14-13(4,7-2)8-3/h9,14H,6-8,10H2,1-5H3. The maximum absolute atomic E-state index is 11.3. The summed E-state index contributed by atoms with van der Waals surface area (Å²) in [5.74, 6) is -0.223. The first-order valence-electron chi connectivity index (χ1n) is 6.05. The molecule has 0 atom stereocenters. The van der Waals surface area contributed by atoms with Gasteiger partial charge >= 0.3 is 5.97 Å². The molecule has 0 spiro atoms. The Kier molecular flexibility index (Phi) is 7.06. The van der Waals surface area contributed by atoms with Crippen LogP contribution in [0.15, 0.2) is 11.6 Å². The molecule has 1 N–H and O–H groups in total. The third-order valence-electron chi connectivity index (χ3n) is 3.27. The van der Waals surface area contributed by atoms with Crippen molar-refractivity contribution in [1.29, 1.82) is 0 Å². The second kappa shape index (κ2) is 7.44. The van der Waals surface area contributed by atoms with Crippen molar-refractivity contribution in [3.8, 4) is 0 Å². The Morgan fingerprint density at radius 2 is 1.88 bits per heavy atom. The summed E-state index contributed by atoms with van der Waals surface area (Å²) in [7, 11) is 1.42. The van der Waals surface area contributed by atoms with E-state index < -0.39 is 0 Å². The van der Waals surface area contributed by atoms with Gasteiger partial charge in [0.05, 0.1) is 7.11 Å². The average Bonchev–Trinajstić information content (AvgIpc) is 2.33. The Hall–Kier alpha value is -0.830. The number of nitrogens with one attached hydrogen (secondary N) is 1. The molecule has 0 aromatic heterocycles. The molecule has 0 aromatic rings. The Morgan fingerprint density at radius 3 is 2.25 bits per heavy atom. The van der Waals surface area contributed by atoms with Gasteiger partial charge in [0.2, 0.25) is 0 Å². The number of hydrogen-bond acceptors (Lipinski definition) is 3. The Balaban J connectivity index is 4.30. The van der Waals surface area contributed by atoms with Gasteiger partial charge in [-0.25, -0.2) is 4.79 Å². The fraction of sp³-hybridized carbons (Fsp3) is 0.769. The first-order valence-corrected chi connectivity index (χ1v) is 6.05.